The maximum Gasteiger partial charge on any atom is 0.698 e. The second-order valence-electron chi connectivity index (χ2n) is 2.52. The quantitative estimate of drug-likeness (QED) is 0.521. The van der Waals surface area contributed by atoms with Gasteiger partial charge in [0.15, 0.2) is 6.10 Å². The molecular formula is C8H8NaO3P+. The summed E-state index contributed by atoms with van der Waals surface area (Å²) in [7, 11) is -1.88. The minimum Gasteiger partial charge on any atom is -0.116 e. The van der Waals surface area contributed by atoms with Crippen LogP contribution in [0.5, 0.6) is 0 Å². The van der Waals surface area contributed by atoms with E-state index in [1.165, 1.54) is 0 Å². The van der Waals surface area contributed by atoms with Crippen LogP contribution in [0.15, 0.2) is 30.3 Å². The van der Waals surface area contributed by atoms with Crippen LogP contribution in [0.3, 0.4) is 0 Å². The first-order chi connectivity index (χ1) is 5.86. The van der Waals surface area contributed by atoms with Gasteiger partial charge in [0.05, 0.1) is 0 Å². The number of hydrogen-bond donors (Lipinski definition) is 0. The zero-order chi connectivity index (χ0) is 8.39. The Morgan fingerprint density at radius 1 is 1.31 bits per heavy atom. The summed E-state index contributed by atoms with van der Waals surface area (Å²) in [6.07, 6.45) is -0.158. The van der Waals surface area contributed by atoms with Crippen molar-refractivity contribution in [1.82, 2.24) is 0 Å². The normalized spacial score (nSPS) is 24.0. The van der Waals surface area contributed by atoms with Gasteiger partial charge in [0, 0.05) is 34.1 Å². The summed E-state index contributed by atoms with van der Waals surface area (Å²) < 4.78 is 20.6. The average molecular weight is 206 g/mol. The molecule has 0 bridgehead atoms. The van der Waals surface area contributed by atoms with Crippen LogP contribution >= 0.6 is 8.25 Å². The van der Waals surface area contributed by atoms with Crippen molar-refractivity contribution in [1.29, 1.82) is 0 Å². The van der Waals surface area contributed by atoms with Crippen molar-refractivity contribution in [2.24, 2.45) is 0 Å². The maximum absolute atomic E-state index is 10.7. The van der Waals surface area contributed by atoms with E-state index in [9.17, 15) is 4.57 Å². The zero-order valence-corrected chi connectivity index (χ0v) is 10.2. The fourth-order valence-corrected chi connectivity index (χ4v) is 1.83. The molecule has 1 aromatic carbocycles. The van der Waals surface area contributed by atoms with Gasteiger partial charge >= 0.3 is 8.25 Å². The van der Waals surface area contributed by atoms with Gasteiger partial charge < -0.3 is 0 Å². The molecule has 63 valence electrons. The molecule has 0 aliphatic carbocycles. The Hall–Kier alpha value is 0.240. The molecule has 0 N–H and O–H groups in total. The first-order valence-electron chi connectivity index (χ1n) is 3.68. The fraction of sp³-hybridized carbons (Fsp3) is 0.250. The van der Waals surface area contributed by atoms with Crippen LogP contribution in [0.2, 0.25) is 0 Å². The third kappa shape index (κ3) is 2.84. The minimum absolute atomic E-state index is 0. The van der Waals surface area contributed by atoms with E-state index in [2.05, 4.69) is 0 Å². The third-order valence-electron chi connectivity index (χ3n) is 1.72. The van der Waals surface area contributed by atoms with E-state index in [0.717, 1.165) is 5.56 Å². The molecule has 0 saturated carbocycles. The first-order valence-corrected chi connectivity index (χ1v) is 4.78. The van der Waals surface area contributed by atoms with E-state index >= 15 is 0 Å². The Bertz CT molecular complexity index is 291. The second kappa shape index (κ2) is 5.20. The van der Waals surface area contributed by atoms with Gasteiger partial charge in [-0.3, -0.25) is 0 Å². The summed E-state index contributed by atoms with van der Waals surface area (Å²) in [5.41, 5.74) is 1.01. The van der Waals surface area contributed by atoms with Crippen molar-refractivity contribution in [3.63, 3.8) is 0 Å². The van der Waals surface area contributed by atoms with Crippen LogP contribution in [0.1, 0.15) is 11.7 Å². The van der Waals surface area contributed by atoms with E-state index in [4.69, 9.17) is 9.05 Å². The Kier molecular flexibility index (Phi) is 4.53. The van der Waals surface area contributed by atoms with Gasteiger partial charge in [0.2, 0.25) is 0 Å². The summed E-state index contributed by atoms with van der Waals surface area (Å²) in [4.78, 5) is 0. The van der Waals surface area contributed by atoms with E-state index in [0.29, 0.717) is 6.61 Å². The van der Waals surface area contributed by atoms with Crippen molar-refractivity contribution in [2.45, 2.75) is 6.10 Å². The van der Waals surface area contributed by atoms with Gasteiger partial charge in [-0.15, -0.1) is 9.05 Å². The van der Waals surface area contributed by atoms with Crippen molar-refractivity contribution in [3.05, 3.63) is 35.9 Å². The molecule has 1 saturated heterocycles. The van der Waals surface area contributed by atoms with Crippen molar-refractivity contribution in [2.75, 3.05) is 6.61 Å². The van der Waals surface area contributed by atoms with E-state index < -0.39 is 8.25 Å². The molecule has 0 spiro atoms. The predicted molar refractivity (Wildman–Crippen MR) is 49.6 cm³/mol. The Labute approximate surface area is 99.7 Å². The summed E-state index contributed by atoms with van der Waals surface area (Å²) in [6.45, 7) is 0.388. The van der Waals surface area contributed by atoms with Gasteiger partial charge in [0.1, 0.15) is 6.61 Å². The molecule has 1 aliphatic heterocycles. The van der Waals surface area contributed by atoms with E-state index in [-0.39, 0.29) is 35.7 Å². The SMILES string of the molecule is O=[P+]1OCC(c2ccccc2)O1.[Na]. The molecule has 1 radical (unpaired) electrons. The number of hydrogen-bond acceptors (Lipinski definition) is 3. The molecule has 2 unspecified atom stereocenters. The Morgan fingerprint density at radius 3 is 2.54 bits per heavy atom. The van der Waals surface area contributed by atoms with Crippen molar-refractivity contribution < 1.29 is 13.6 Å². The second-order valence-corrected chi connectivity index (χ2v) is 3.44. The smallest absolute Gasteiger partial charge is 0.116 e. The van der Waals surface area contributed by atoms with Gasteiger partial charge in [0.25, 0.3) is 0 Å². The molecule has 1 aromatic rings. The fourth-order valence-electron chi connectivity index (χ4n) is 1.12. The van der Waals surface area contributed by atoms with E-state index in [1.807, 2.05) is 30.3 Å². The standard InChI is InChI=1S/C8H8O3P.Na/c9-12-10-6-8(11-12)7-4-2-1-3-5-7;/h1-5,8H,6H2;/q+1;. The molecular weight excluding hydrogens is 198 g/mol. The van der Waals surface area contributed by atoms with Gasteiger partial charge in [-0.05, 0) is 5.56 Å². The first kappa shape index (κ1) is 11.3. The molecule has 13 heavy (non-hydrogen) atoms. The van der Waals surface area contributed by atoms with Crippen LogP contribution in [0, 0.1) is 0 Å². The summed E-state index contributed by atoms with van der Waals surface area (Å²) in [5, 5.41) is 0. The zero-order valence-electron chi connectivity index (χ0n) is 7.34. The molecule has 5 heteroatoms. The Morgan fingerprint density at radius 2 is 2.00 bits per heavy atom. The van der Waals surface area contributed by atoms with Crippen molar-refractivity contribution in [3.8, 4) is 0 Å². The van der Waals surface area contributed by atoms with Crippen LogP contribution in [0.25, 0.3) is 0 Å². The maximum atomic E-state index is 10.7. The van der Waals surface area contributed by atoms with Gasteiger partial charge in [-0.25, -0.2) is 0 Å². The number of rotatable bonds is 1. The molecule has 1 fully saturated rings. The molecule has 2 rings (SSSR count). The minimum atomic E-state index is -1.88. The molecule has 0 aromatic heterocycles. The van der Waals surface area contributed by atoms with Crippen LogP contribution in [-0.4, -0.2) is 36.2 Å². The van der Waals surface area contributed by atoms with Crippen LogP contribution in [-0.2, 0) is 13.6 Å². The van der Waals surface area contributed by atoms with Gasteiger partial charge in [-0.1, -0.05) is 30.3 Å². The average Bonchev–Trinajstić information content (AvgIpc) is 2.54. The van der Waals surface area contributed by atoms with Crippen molar-refractivity contribution >= 4 is 37.8 Å². The summed E-state index contributed by atoms with van der Waals surface area (Å²) in [6, 6.07) is 9.64. The molecule has 3 nitrogen and oxygen atoms in total. The molecule has 2 atom stereocenters. The topological polar surface area (TPSA) is 35.5 Å². The predicted octanol–water partition coefficient (Wildman–Crippen LogP) is 2.05. The monoisotopic (exact) mass is 206 g/mol. The van der Waals surface area contributed by atoms with Crippen LogP contribution < -0.4 is 0 Å². The largest absolute Gasteiger partial charge is 0.698 e. The number of benzene rings is 1. The molecule has 0 amide bonds. The van der Waals surface area contributed by atoms with Crippen LogP contribution in [0.4, 0.5) is 0 Å². The summed E-state index contributed by atoms with van der Waals surface area (Å²) >= 11 is 0. The van der Waals surface area contributed by atoms with E-state index in [1.54, 1.807) is 0 Å². The molecule has 1 heterocycles. The third-order valence-corrected chi connectivity index (χ3v) is 2.50. The summed E-state index contributed by atoms with van der Waals surface area (Å²) in [5.74, 6) is 0. The Balaban J connectivity index is 0.000000845. The van der Waals surface area contributed by atoms with Gasteiger partial charge in [-0.2, -0.15) is 0 Å². The molecule has 1 aliphatic rings.